The van der Waals surface area contributed by atoms with Crippen LogP contribution in [0.1, 0.15) is 5.56 Å². The number of benzene rings is 3. The van der Waals surface area contributed by atoms with Gasteiger partial charge in [-0.15, -0.1) is 0 Å². The van der Waals surface area contributed by atoms with Crippen molar-refractivity contribution in [3.05, 3.63) is 95.7 Å². The zero-order chi connectivity index (χ0) is 22.1. The first kappa shape index (κ1) is 20.3. The van der Waals surface area contributed by atoms with E-state index in [1.807, 2.05) is 6.07 Å². The van der Waals surface area contributed by atoms with E-state index in [4.69, 9.17) is 4.74 Å². The maximum atomic E-state index is 14.5. The Kier molecular flexibility index (Phi) is 5.25. The van der Waals surface area contributed by atoms with Gasteiger partial charge in [-0.25, -0.2) is 13.7 Å². The molecule has 0 atom stereocenters. The van der Waals surface area contributed by atoms with Gasteiger partial charge in [0.05, 0.1) is 18.4 Å². The van der Waals surface area contributed by atoms with Crippen molar-refractivity contribution in [3.8, 4) is 5.75 Å². The van der Waals surface area contributed by atoms with Gasteiger partial charge in [-0.3, -0.25) is 9.59 Å². The number of hydrogen-bond acceptors (Lipinski definition) is 4. The molecule has 156 valence electrons. The number of rotatable bonds is 5. The van der Waals surface area contributed by atoms with Gasteiger partial charge < -0.3 is 9.64 Å². The first-order valence-electron chi connectivity index (χ1n) is 9.44. The van der Waals surface area contributed by atoms with Gasteiger partial charge >= 0.3 is 0 Å². The predicted molar refractivity (Wildman–Crippen MR) is 114 cm³/mol. The van der Waals surface area contributed by atoms with Crippen LogP contribution in [-0.4, -0.2) is 26.0 Å². The molecule has 0 N–H and O–H groups in total. The Morgan fingerprint density at radius 2 is 1.55 bits per heavy atom. The van der Waals surface area contributed by atoms with Crippen LogP contribution in [0.15, 0.2) is 78.5 Å². The van der Waals surface area contributed by atoms with Crippen LogP contribution in [0.25, 0.3) is 5.57 Å². The Bertz CT molecular complexity index is 1210. The second-order valence-corrected chi connectivity index (χ2v) is 6.86. The summed E-state index contributed by atoms with van der Waals surface area (Å²) in [5, 5.41) is 0. The average molecular weight is 420 g/mol. The Morgan fingerprint density at radius 3 is 2.26 bits per heavy atom. The molecule has 3 aromatic carbocycles. The van der Waals surface area contributed by atoms with Gasteiger partial charge in [-0.05, 0) is 30.3 Å². The molecule has 1 aliphatic heterocycles. The summed E-state index contributed by atoms with van der Waals surface area (Å²) < 4.78 is 33.8. The molecule has 0 unspecified atom stereocenters. The van der Waals surface area contributed by atoms with Gasteiger partial charge in [-0.1, -0.05) is 36.4 Å². The number of carbonyl (C=O) groups excluding carboxylic acids is 2. The zero-order valence-electron chi connectivity index (χ0n) is 16.8. The molecule has 0 bridgehead atoms. The molecule has 5 nitrogen and oxygen atoms in total. The fourth-order valence-electron chi connectivity index (χ4n) is 3.58. The van der Waals surface area contributed by atoms with Gasteiger partial charge in [0.15, 0.2) is 0 Å². The topological polar surface area (TPSA) is 49.9 Å². The second-order valence-electron chi connectivity index (χ2n) is 6.86. The molecule has 0 aromatic heterocycles. The maximum absolute atomic E-state index is 14.5. The van der Waals surface area contributed by atoms with Crippen molar-refractivity contribution >= 4 is 28.8 Å². The van der Waals surface area contributed by atoms with Crippen molar-refractivity contribution in [3.63, 3.8) is 0 Å². The Labute approximate surface area is 177 Å². The van der Waals surface area contributed by atoms with Crippen LogP contribution < -0.4 is 14.5 Å². The summed E-state index contributed by atoms with van der Waals surface area (Å²) in [5.74, 6) is -2.80. The number of methoxy groups -OCH3 is 1. The lowest BCUT2D eigenvalue weighted by Crippen LogP contribution is -2.35. The molecule has 1 heterocycles. The highest BCUT2D eigenvalue weighted by molar-refractivity contribution is 6.46. The molecule has 4 rings (SSSR count). The summed E-state index contributed by atoms with van der Waals surface area (Å²) in [6.07, 6.45) is 0. The van der Waals surface area contributed by atoms with Gasteiger partial charge in [0, 0.05) is 24.4 Å². The summed E-state index contributed by atoms with van der Waals surface area (Å²) in [6, 6.07) is 18.3. The van der Waals surface area contributed by atoms with Crippen LogP contribution in [-0.2, 0) is 9.59 Å². The van der Waals surface area contributed by atoms with E-state index < -0.39 is 29.1 Å². The molecule has 0 aliphatic carbocycles. The Balaban J connectivity index is 1.95. The lowest BCUT2D eigenvalue weighted by molar-refractivity contribution is -0.120. The normalized spacial score (nSPS) is 13.7. The van der Waals surface area contributed by atoms with E-state index in [1.54, 1.807) is 60.5 Å². The first-order valence-corrected chi connectivity index (χ1v) is 9.44. The molecule has 2 amide bonds. The quantitative estimate of drug-likeness (QED) is 0.575. The Morgan fingerprint density at radius 1 is 0.871 bits per heavy atom. The van der Waals surface area contributed by atoms with Crippen molar-refractivity contribution < 1.29 is 23.1 Å². The summed E-state index contributed by atoms with van der Waals surface area (Å²) >= 11 is 0. The highest BCUT2D eigenvalue weighted by Gasteiger charge is 2.44. The molecule has 31 heavy (non-hydrogen) atoms. The van der Waals surface area contributed by atoms with Crippen molar-refractivity contribution in [1.29, 1.82) is 0 Å². The van der Waals surface area contributed by atoms with Crippen LogP contribution in [0.3, 0.4) is 0 Å². The van der Waals surface area contributed by atoms with Crippen LogP contribution >= 0.6 is 0 Å². The minimum absolute atomic E-state index is 0.0318. The van der Waals surface area contributed by atoms with Crippen molar-refractivity contribution in [2.45, 2.75) is 0 Å². The van der Waals surface area contributed by atoms with E-state index in [2.05, 4.69) is 0 Å². The number of imide groups is 1. The standard InChI is InChI=1S/C24H18F2N2O3/c1-27(16-8-4-3-5-9-16)22-21(17-10-6-7-11-20(17)31-2)23(29)28(24(22)30)19-14-15(25)12-13-18(19)26/h3-14H,1-2H3. The van der Waals surface area contributed by atoms with Gasteiger partial charge in [-0.2, -0.15) is 0 Å². The van der Waals surface area contributed by atoms with Crippen molar-refractivity contribution in [1.82, 2.24) is 0 Å². The number of ether oxygens (including phenoxy) is 1. The number of amides is 2. The fraction of sp³-hybridized carbons (Fsp3) is 0.0833. The number of halogens is 2. The number of nitrogens with zero attached hydrogens (tertiary/aromatic N) is 2. The number of anilines is 2. The molecule has 3 aromatic rings. The average Bonchev–Trinajstić information content (AvgIpc) is 3.05. The minimum Gasteiger partial charge on any atom is -0.496 e. The molecular formula is C24H18F2N2O3. The van der Waals surface area contributed by atoms with Crippen LogP contribution in [0, 0.1) is 11.6 Å². The van der Waals surface area contributed by atoms with E-state index in [0.717, 1.165) is 18.2 Å². The number of likely N-dealkylation sites (N-methyl/N-ethyl adjacent to an activating group) is 1. The lowest BCUT2D eigenvalue weighted by Gasteiger charge is -2.22. The fourth-order valence-corrected chi connectivity index (χ4v) is 3.58. The van der Waals surface area contributed by atoms with Crippen LogP contribution in [0.5, 0.6) is 5.75 Å². The second kappa shape index (κ2) is 8.02. The molecule has 0 saturated heterocycles. The third-order valence-electron chi connectivity index (χ3n) is 5.06. The molecule has 0 radical (unpaired) electrons. The van der Waals surface area contributed by atoms with Gasteiger partial charge in [0.1, 0.15) is 23.1 Å². The van der Waals surface area contributed by atoms with Crippen molar-refractivity contribution in [2.75, 3.05) is 24.0 Å². The summed E-state index contributed by atoms with van der Waals surface area (Å²) in [7, 11) is 3.09. The third-order valence-corrected chi connectivity index (χ3v) is 5.06. The highest BCUT2D eigenvalue weighted by atomic mass is 19.1. The molecular weight excluding hydrogens is 402 g/mol. The lowest BCUT2D eigenvalue weighted by atomic mass is 10.0. The van der Waals surface area contributed by atoms with E-state index in [1.165, 1.54) is 7.11 Å². The van der Waals surface area contributed by atoms with Crippen LogP contribution in [0.4, 0.5) is 20.2 Å². The largest absolute Gasteiger partial charge is 0.496 e. The van der Waals surface area contributed by atoms with E-state index in [9.17, 15) is 18.4 Å². The first-order chi connectivity index (χ1) is 14.9. The molecule has 0 spiro atoms. The monoisotopic (exact) mass is 420 g/mol. The van der Waals surface area contributed by atoms with Crippen LogP contribution in [0.2, 0.25) is 0 Å². The molecule has 0 saturated carbocycles. The molecule has 0 fully saturated rings. The SMILES string of the molecule is COc1ccccc1C1=C(N(C)c2ccccc2)C(=O)N(c2cc(F)ccc2F)C1=O. The van der Waals surface area contributed by atoms with E-state index in [0.29, 0.717) is 21.9 Å². The zero-order valence-corrected chi connectivity index (χ0v) is 16.8. The summed E-state index contributed by atoms with van der Waals surface area (Å²) in [4.78, 5) is 29.1. The predicted octanol–water partition coefficient (Wildman–Crippen LogP) is 4.39. The third kappa shape index (κ3) is 3.44. The van der Waals surface area contributed by atoms with Crippen molar-refractivity contribution in [2.24, 2.45) is 0 Å². The number of carbonyl (C=O) groups is 2. The number of hydrogen-bond donors (Lipinski definition) is 0. The molecule has 1 aliphatic rings. The Hall–Kier alpha value is -4.00. The highest BCUT2D eigenvalue weighted by Crippen LogP contribution is 2.39. The van der Waals surface area contributed by atoms with E-state index >= 15 is 0 Å². The van der Waals surface area contributed by atoms with E-state index in [-0.39, 0.29) is 11.3 Å². The molecule has 7 heteroatoms. The maximum Gasteiger partial charge on any atom is 0.282 e. The number of para-hydroxylation sites is 2. The van der Waals surface area contributed by atoms with Gasteiger partial charge in [0.2, 0.25) is 0 Å². The van der Waals surface area contributed by atoms with Gasteiger partial charge in [0.25, 0.3) is 11.8 Å². The summed E-state index contributed by atoms with van der Waals surface area (Å²) in [6.45, 7) is 0. The minimum atomic E-state index is -0.883. The summed E-state index contributed by atoms with van der Waals surface area (Å²) in [5.41, 5.74) is 0.647. The smallest absolute Gasteiger partial charge is 0.282 e.